The van der Waals surface area contributed by atoms with Gasteiger partial charge in [0.15, 0.2) is 0 Å². The van der Waals surface area contributed by atoms with Gasteiger partial charge >= 0.3 is 0 Å². The van der Waals surface area contributed by atoms with Crippen LogP contribution in [0.2, 0.25) is 5.02 Å². The summed E-state index contributed by atoms with van der Waals surface area (Å²) in [5.41, 5.74) is 13.7. The summed E-state index contributed by atoms with van der Waals surface area (Å²) in [4.78, 5) is 11.3. The van der Waals surface area contributed by atoms with Crippen molar-refractivity contribution in [3.05, 3.63) is 58.6 Å². The Morgan fingerprint density at radius 2 is 1.84 bits per heavy atom. The first-order valence-corrected chi connectivity index (χ1v) is 6.11. The van der Waals surface area contributed by atoms with Gasteiger partial charge in [-0.15, -0.1) is 0 Å². The zero-order valence-electron chi connectivity index (χ0n) is 10.2. The summed E-state index contributed by atoms with van der Waals surface area (Å²) in [6, 6.07) is 12.4. The molecular formula is C14H14ClN3O. The van der Waals surface area contributed by atoms with Crippen LogP contribution in [0, 0.1) is 0 Å². The van der Waals surface area contributed by atoms with E-state index in [9.17, 15) is 4.79 Å². The summed E-state index contributed by atoms with van der Waals surface area (Å²) in [5.74, 6) is -0.487. The van der Waals surface area contributed by atoms with Gasteiger partial charge in [-0.3, -0.25) is 4.79 Å². The number of nitrogens with two attached hydrogens (primary N) is 2. The van der Waals surface area contributed by atoms with E-state index in [1.54, 1.807) is 18.2 Å². The Morgan fingerprint density at radius 3 is 2.47 bits per heavy atom. The molecule has 2 aromatic rings. The first-order valence-electron chi connectivity index (χ1n) is 5.74. The van der Waals surface area contributed by atoms with Gasteiger partial charge in [0.05, 0.1) is 5.56 Å². The molecule has 0 heterocycles. The first kappa shape index (κ1) is 13.2. The summed E-state index contributed by atoms with van der Waals surface area (Å²) in [7, 11) is 0. The van der Waals surface area contributed by atoms with Crippen LogP contribution in [0.5, 0.6) is 0 Å². The highest BCUT2D eigenvalue weighted by atomic mass is 35.5. The number of anilines is 2. The number of nitrogen functional groups attached to an aromatic ring is 1. The normalized spacial score (nSPS) is 10.2. The summed E-state index contributed by atoms with van der Waals surface area (Å²) in [5, 5.41) is 3.83. The Balaban J connectivity index is 2.16. The van der Waals surface area contributed by atoms with E-state index in [4.69, 9.17) is 23.1 Å². The van der Waals surface area contributed by atoms with Crippen LogP contribution in [0.25, 0.3) is 0 Å². The molecule has 0 atom stereocenters. The summed E-state index contributed by atoms with van der Waals surface area (Å²) in [6.07, 6.45) is 0. The highest BCUT2D eigenvalue weighted by molar-refractivity contribution is 6.30. The van der Waals surface area contributed by atoms with Crippen molar-refractivity contribution in [3.63, 3.8) is 0 Å². The van der Waals surface area contributed by atoms with Crippen LogP contribution >= 0.6 is 11.6 Å². The van der Waals surface area contributed by atoms with E-state index < -0.39 is 5.91 Å². The molecule has 0 bridgehead atoms. The molecule has 0 radical (unpaired) electrons. The topological polar surface area (TPSA) is 81.1 Å². The summed E-state index contributed by atoms with van der Waals surface area (Å²) in [6.45, 7) is 0.556. The number of carbonyl (C=O) groups is 1. The maximum Gasteiger partial charge on any atom is 0.250 e. The van der Waals surface area contributed by atoms with Crippen molar-refractivity contribution in [1.29, 1.82) is 0 Å². The van der Waals surface area contributed by atoms with Crippen LogP contribution in [0.15, 0.2) is 42.5 Å². The molecule has 0 spiro atoms. The zero-order chi connectivity index (χ0) is 13.8. The van der Waals surface area contributed by atoms with Gasteiger partial charge in [0.1, 0.15) is 0 Å². The molecule has 1 amide bonds. The van der Waals surface area contributed by atoms with E-state index in [1.165, 1.54) is 0 Å². The average molecular weight is 276 g/mol. The Bertz CT molecular complexity index is 596. The third kappa shape index (κ3) is 3.39. The van der Waals surface area contributed by atoms with Gasteiger partial charge in [0, 0.05) is 22.9 Å². The van der Waals surface area contributed by atoms with Crippen molar-refractivity contribution in [2.75, 3.05) is 11.1 Å². The lowest BCUT2D eigenvalue weighted by atomic mass is 10.1. The van der Waals surface area contributed by atoms with E-state index in [1.807, 2.05) is 24.3 Å². The quantitative estimate of drug-likeness (QED) is 0.750. The molecule has 5 N–H and O–H groups in total. The first-order chi connectivity index (χ1) is 9.06. The van der Waals surface area contributed by atoms with Crippen LogP contribution in [-0.4, -0.2) is 5.91 Å². The molecule has 0 aromatic heterocycles. The van der Waals surface area contributed by atoms with Crippen molar-refractivity contribution in [2.45, 2.75) is 6.54 Å². The molecule has 0 fully saturated rings. The molecule has 19 heavy (non-hydrogen) atoms. The Kier molecular flexibility index (Phi) is 3.92. The second kappa shape index (κ2) is 5.63. The number of halogens is 1. The molecular weight excluding hydrogens is 262 g/mol. The predicted molar refractivity (Wildman–Crippen MR) is 78.2 cm³/mol. The Labute approximate surface area is 116 Å². The lowest BCUT2D eigenvalue weighted by molar-refractivity contribution is 0.100. The SMILES string of the molecule is NC(=O)c1ccc(N)cc1NCc1ccc(Cl)cc1. The lowest BCUT2D eigenvalue weighted by Crippen LogP contribution is -2.14. The average Bonchev–Trinajstić information content (AvgIpc) is 2.38. The molecule has 5 heteroatoms. The van der Waals surface area contributed by atoms with E-state index >= 15 is 0 Å². The van der Waals surface area contributed by atoms with Gasteiger partial charge in [0.2, 0.25) is 0 Å². The highest BCUT2D eigenvalue weighted by Gasteiger charge is 2.08. The fraction of sp³-hybridized carbons (Fsp3) is 0.0714. The maximum absolute atomic E-state index is 11.3. The van der Waals surface area contributed by atoms with Crippen molar-refractivity contribution < 1.29 is 4.79 Å². The number of hydrogen-bond acceptors (Lipinski definition) is 3. The highest BCUT2D eigenvalue weighted by Crippen LogP contribution is 2.20. The minimum Gasteiger partial charge on any atom is -0.399 e. The van der Waals surface area contributed by atoms with Gasteiger partial charge in [-0.2, -0.15) is 0 Å². The summed E-state index contributed by atoms with van der Waals surface area (Å²) < 4.78 is 0. The largest absolute Gasteiger partial charge is 0.399 e. The molecule has 2 rings (SSSR count). The predicted octanol–water partition coefficient (Wildman–Crippen LogP) is 2.63. The smallest absolute Gasteiger partial charge is 0.250 e. The fourth-order valence-electron chi connectivity index (χ4n) is 1.72. The molecule has 4 nitrogen and oxygen atoms in total. The minimum atomic E-state index is -0.487. The molecule has 0 aliphatic carbocycles. The third-order valence-electron chi connectivity index (χ3n) is 2.71. The van der Waals surface area contributed by atoms with Crippen LogP contribution in [0.3, 0.4) is 0 Å². The zero-order valence-corrected chi connectivity index (χ0v) is 10.9. The van der Waals surface area contributed by atoms with Gasteiger partial charge in [0.25, 0.3) is 5.91 Å². The number of nitrogens with one attached hydrogen (secondary N) is 1. The van der Waals surface area contributed by atoms with Gasteiger partial charge in [-0.05, 0) is 35.9 Å². The second-order valence-corrected chi connectivity index (χ2v) is 4.59. The number of primary amides is 1. The van der Waals surface area contributed by atoms with Crippen LogP contribution in [-0.2, 0) is 6.54 Å². The molecule has 2 aromatic carbocycles. The number of hydrogen-bond donors (Lipinski definition) is 3. The van der Waals surface area contributed by atoms with Crippen molar-refractivity contribution >= 4 is 28.9 Å². The lowest BCUT2D eigenvalue weighted by Gasteiger charge is -2.11. The Hall–Kier alpha value is -2.20. The number of benzene rings is 2. The minimum absolute atomic E-state index is 0.420. The standard InChI is InChI=1S/C14H14ClN3O/c15-10-3-1-9(2-4-10)8-18-13-7-11(16)5-6-12(13)14(17)19/h1-7,18H,8,16H2,(H2,17,19). The van der Waals surface area contributed by atoms with Crippen LogP contribution in [0.4, 0.5) is 11.4 Å². The number of carbonyl (C=O) groups excluding carboxylic acids is 1. The maximum atomic E-state index is 11.3. The van der Waals surface area contributed by atoms with Gasteiger partial charge < -0.3 is 16.8 Å². The number of rotatable bonds is 4. The van der Waals surface area contributed by atoms with E-state index in [2.05, 4.69) is 5.32 Å². The Morgan fingerprint density at radius 1 is 1.16 bits per heavy atom. The summed E-state index contributed by atoms with van der Waals surface area (Å²) >= 11 is 5.82. The molecule has 0 aliphatic heterocycles. The molecule has 98 valence electrons. The molecule has 0 saturated carbocycles. The molecule has 0 saturated heterocycles. The van der Waals surface area contributed by atoms with Gasteiger partial charge in [-0.1, -0.05) is 23.7 Å². The van der Waals surface area contributed by atoms with Crippen LogP contribution < -0.4 is 16.8 Å². The molecule has 0 aliphatic rings. The second-order valence-electron chi connectivity index (χ2n) is 4.15. The van der Waals surface area contributed by atoms with Crippen molar-refractivity contribution in [2.24, 2.45) is 5.73 Å². The van der Waals surface area contributed by atoms with E-state index in [-0.39, 0.29) is 0 Å². The van der Waals surface area contributed by atoms with E-state index in [0.29, 0.717) is 28.5 Å². The monoisotopic (exact) mass is 275 g/mol. The van der Waals surface area contributed by atoms with Crippen molar-refractivity contribution in [3.8, 4) is 0 Å². The third-order valence-corrected chi connectivity index (χ3v) is 2.96. The van der Waals surface area contributed by atoms with Crippen molar-refractivity contribution in [1.82, 2.24) is 0 Å². The van der Waals surface area contributed by atoms with Crippen LogP contribution in [0.1, 0.15) is 15.9 Å². The van der Waals surface area contributed by atoms with Gasteiger partial charge in [-0.25, -0.2) is 0 Å². The van der Waals surface area contributed by atoms with E-state index in [0.717, 1.165) is 5.56 Å². The fourth-order valence-corrected chi connectivity index (χ4v) is 1.85. The number of amides is 1. The molecule has 0 unspecified atom stereocenters.